The number of aryl methyl sites for hydroxylation is 1. The molecule has 2 rings (SSSR count). The van der Waals surface area contributed by atoms with E-state index in [2.05, 4.69) is 5.32 Å². The third-order valence-electron chi connectivity index (χ3n) is 4.01. The summed E-state index contributed by atoms with van der Waals surface area (Å²) in [4.78, 5) is 25.5. The van der Waals surface area contributed by atoms with Crippen molar-refractivity contribution in [1.82, 2.24) is 4.90 Å². The van der Waals surface area contributed by atoms with Crippen molar-refractivity contribution in [2.45, 2.75) is 38.6 Å². The van der Waals surface area contributed by atoms with Crippen molar-refractivity contribution in [2.75, 3.05) is 19.0 Å². The summed E-state index contributed by atoms with van der Waals surface area (Å²) in [5, 5.41) is 2.91. The zero-order chi connectivity index (χ0) is 16.1. The van der Waals surface area contributed by atoms with Crippen LogP contribution in [0.25, 0.3) is 0 Å². The van der Waals surface area contributed by atoms with Crippen LogP contribution in [0.5, 0.6) is 5.75 Å². The van der Waals surface area contributed by atoms with Crippen molar-refractivity contribution in [3.05, 3.63) is 23.8 Å². The fraction of sp³-hybridized carbons (Fsp3) is 0.500. The number of urea groups is 1. The summed E-state index contributed by atoms with van der Waals surface area (Å²) in [6.07, 6.45) is 2.96. The molecule has 0 radical (unpaired) electrons. The highest BCUT2D eigenvalue weighted by Crippen LogP contribution is 2.29. The number of piperidine rings is 1. The van der Waals surface area contributed by atoms with Crippen LogP contribution < -0.4 is 15.8 Å². The first-order valence-electron chi connectivity index (χ1n) is 7.52. The number of rotatable bonds is 4. The van der Waals surface area contributed by atoms with Crippen molar-refractivity contribution in [1.29, 1.82) is 0 Å². The molecule has 0 saturated carbocycles. The topological polar surface area (TPSA) is 84.7 Å². The molecule has 22 heavy (non-hydrogen) atoms. The van der Waals surface area contributed by atoms with E-state index >= 15 is 0 Å². The zero-order valence-electron chi connectivity index (χ0n) is 13.1. The lowest BCUT2D eigenvalue weighted by molar-refractivity contribution is -0.119. The van der Waals surface area contributed by atoms with Gasteiger partial charge in [0.2, 0.25) is 5.91 Å². The molecule has 1 aromatic carbocycles. The predicted octanol–water partition coefficient (Wildman–Crippen LogP) is 2.27. The molecule has 0 bridgehead atoms. The minimum Gasteiger partial charge on any atom is -0.495 e. The van der Waals surface area contributed by atoms with Crippen LogP contribution in [0.4, 0.5) is 10.5 Å². The number of benzene rings is 1. The molecule has 6 nitrogen and oxygen atoms in total. The lowest BCUT2D eigenvalue weighted by Crippen LogP contribution is -2.47. The molecule has 1 atom stereocenters. The van der Waals surface area contributed by atoms with E-state index in [0.717, 1.165) is 24.8 Å². The number of hydrogen-bond acceptors (Lipinski definition) is 3. The van der Waals surface area contributed by atoms with Gasteiger partial charge in [-0.15, -0.1) is 0 Å². The zero-order valence-corrected chi connectivity index (χ0v) is 13.1. The maximum atomic E-state index is 12.6. The molecule has 0 spiro atoms. The summed E-state index contributed by atoms with van der Waals surface area (Å²) in [5.74, 6) is 0.245. The fourth-order valence-electron chi connectivity index (χ4n) is 2.86. The molecule has 0 aromatic heterocycles. The number of nitrogens with one attached hydrogen (secondary N) is 1. The highest BCUT2D eigenvalue weighted by atomic mass is 16.5. The molecular formula is C16H23N3O3. The molecule has 3 N–H and O–H groups in total. The van der Waals surface area contributed by atoms with E-state index in [-0.39, 0.29) is 24.4 Å². The van der Waals surface area contributed by atoms with Crippen LogP contribution in [0.2, 0.25) is 0 Å². The second-order valence-electron chi connectivity index (χ2n) is 5.60. The molecular weight excluding hydrogens is 282 g/mol. The number of para-hydroxylation sites is 1. The van der Waals surface area contributed by atoms with E-state index in [1.165, 1.54) is 0 Å². The number of anilines is 1. The number of amides is 3. The van der Waals surface area contributed by atoms with Gasteiger partial charge in [0.25, 0.3) is 0 Å². The minimum absolute atomic E-state index is 0.124. The Balaban J connectivity index is 2.15. The van der Waals surface area contributed by atoms with E-state index in [1.54, 1.807) is 18.1 Å². The van der Waals surface area contributed by atoms with E-state index < -0.39 is 0 Å². The van der Waals surface area contributed by atoms with Crippen molar-refractivity contribution in [3.8, 4) is 5.75 Å². The second kappa shape index (κ2) is 7.15. The highest BCUT2D eigenvalue weighted by molar-refractivity contribution is 5.92. The number of carbonyl (C=O) groups is 2. The third-order valence-corrected chi connectivity index (χ3v) is 4.01. The standard InChI is InChI=1S/C16H23N3O3/c1-11-6-5-8-13(22-2)15(11)18-16(21)19-9-4-3-7-12(19)10-14(17)20/h5-6,8,12H,3-4,7,9-10H2,1-2H3,(H2,17,20)(H,18,21)/t12-/m0/s1. The number of nitrogens with two attached hydrogens (primary N) is 1. The minimum atomic E-state index is -0.377. The Kier molecular flexibility index (Phi) is 5.25. The van der Waals surface area contributed by atoms with Gasteiger partial charge in [-0.1, -0.05) is 12.1 Å². The monoisotopic (exact) mass is 305 g/mol. The van der Waals surface area contributed by atoms with Crippen LogP contribution in [-0.2, 0) is 4.79 Å². The molecule has 1 aromatic rings. The van der Waals surface area contributed by atoms with Gasteiger partial charge >= 0.3 is 6.03 Å². The smallest absolute Gasteiger partial charge is 0.322 e. The molecule has 0 unspecified atom stereocenters. The summed E-state index contributed by atoms with van der Waals surface area (Å²) in [6, 6.07) is 5.26. The molecule has 1 aliphatic heterocycles. The number of likely N-dealkylation sites (tertiary alicyclic amines) is 1. The number of nitrogens with zero attached hydrogens (tertiary/aromatic N) is 1. The van der Waals surface area contributed by atoms with Gasteiger partial charge in [0, 0.05) is 19.0 Å². The maximum Gasteiger partial charge on any atom is 0.322 e. The summed E-state index contributed by atoms with van der Waals surface area (Å²) in [5.41, 5.74) is 6.88. The van der Waals surface area contributed by atoms with Crippen molar-refractivity contribution < 1.29 is 14.3 Å². The van der Waals surface area contributed by atoms with E-state index in [4.69, 9.17) is 10.5 Å². The van der Waals surface area contributed by atoms with Gasteiger partial charge in [-0.3, -0.25) is 4.79 Å². The molecule has 1 aliphatic rings. The Hall–Kier alpha value is -2.24. The van der Waals surface area contributed by atoms with Crippen LogP contribution in [0.15, 0.2) is 18.2 Å². The Morgan fingerprint density at radius 2 is 2.18 bits per heavy atom. The van der Waals surface area contributed by atoms with E-state index in [9.17, 15) is 9.59 Å². The van der Waals surface area contributed by atoms with Gasteiger partial charge < -0.3 is 20.7 Å². The number of primary amides is 1. The molecule has 6 heteroatoms. The predicted molar refractivity (Wildman–Crippen MR) is 84.9 cm³/mol. The first-order chi connectivity index (χ1) is 10.5. The summed E-state index contributed by atoms with van der Waals surface area (Å²) in [6.45, 7) is 2.55. The summed E-state index contributed by atoms with van der Waals surface area (Å²) < 4.78 is 5.30. The van der Waals surface area contributed by atoms with Gasteiger partial charge in [-0.05, 0) is 37.8 Å². The van der Waals surface area contributed by atoms with Crippen LogP contribution in [0, 0.1) is 6.92 Å². The molecule has 1 heterocycles. The Morgan fingerprint density at radius 3 is 2.86 bits per heavy atom. The summed E-state index contributed by atoms with van der Waals surface area (Å²) in [7, 11) is 1.57. The molecule has 0 aliphatic carbocycles. The number of ether oxygens (including phenoxy) is 1. The maximum absolute atomic E-state index is 12.6. The normalized spacial score (nSPS) is 17.9. The van der Waals surface area contributed by atoms with Crippen LogP contribution in [-0.4, -0.2) is 36.5 Å². The molecule has 1 fully saturated rings. The number of methoxy groups -OCH3 is 1. The Bertz CT molecular complexity index is 560. The highest BCUT2D eigenvalue weighted by Gasteiger charge is 2.28. The van der Waals surface area contributed by atoms with Crippen LogP contribution in [0.1, 0.15) is 31.2 Å². The van der Waals surface area contributed by atoms with Gasteiger partial charge in [0.1, 0.15) is 5.75 Å². The molecule has 3 amide bonds. The fourth-order valence-corrected chi connectivity index (χ4v) is 2.86. The average Bonchev–Trinajstić information content (AvgIpc) is 2.49. The second-order valence-corrected chi connectivity index (χ2v) is 5.60. The van der Waals surface area contributed by atoms with Gasteiger partial charge in [0.15, 0.2) is 0 Å². The van der Waals surface area contributed by atoms with Crippen molar-refractivity contribution in [2.24, 2.45) is 5.73 Å². The number of hydrogen-bond donors (Lipinski definition) is 2. The Labute approximate surface area is 130 Å². The third kappa shape index (κ3) is 3.69. The van der Waals surface area contributed by atoms with Crippen molar-refractivity contribution >= 4 is 17.6 Å². The van der Waals surface area contributed by atoms with E-state index in [0.29, 0.717) is 18.0 Å². The van der Waals surface area contributed by atoms with Crippen LogP contribution in [0.3, 0.4) is 0 Å². The first-order valence-corrected chi connectivity index (χ1v) is 7.52. The quantitative estimate of drug-likeness (QED) is 0.895. The van der Waals surface area contributed by atoms with Crippen molar-refractivity contribution in [3.63, 3.8) is 0 Å². The lowest BCUT2D eigenvalue weighted by atomic mass is 9.99. The summed E-state index contributed by atoms with van der Waals surface area (Å²) >= 11 is 0. The van der Waals surface area contributed by atoms with E-state index in [1.807, 2.05) is 19.1 Å². The molecule has 120 valence electrons. The van der Waals surface area contributed by atoms with Gasteiger partial charge in [0.05, 0.1) is 12.8 Å². The first kappa shape index (κ1) is 16.1. The largest absolute Gasteiger partial charge is 0.495 e. The van der Waals surface area contributed by atoms with Gasteiger partial charge in [-0.25, -0.2) is 4.79 Å². The van der Waals surface area contributed by atoms with Crippen LogP contribution >= 0.6 is 0 Å². The average molecular weight is 305 g/mol. The number of carbonyl (C=O) groups excluding carboxylic acids is 2. The SMILES string of the molecule is COc1cccc(C)c1NC(=O)N1CCCC[C@H]1CC(N)=O. The lowest BCUT2D eigenvalue weighted by Gasteiger charge is -2.35. The molecule has 1 saturated heterocycles. The Morgan fingerprint density at radius 1 is 1.41 bits per heavy atom. The van der Waals surface area contributed by atoms with Gasteiger partial charge in [-0.2, -0.15) is 0 Å².